The highest BCUT2D eigenvalue weighted by atomic mass is 28.4. The molecule has 0 radical (unpaired) electrons. The van der Waals surface area contributed by atoms with Crippen LogP contribution in [0.25, 0.3) is 0 Å². The van der Waals surface area contributed by atoms with Crippen LogP contribution in [0.4, 0.5) is 0 Å². The molecule has 3 fully saturated rings. The number of ether oxygens (including phenoxy) is 1. The Morgan fingerprint density at radius 3 is 2.46 bits per heavy atom. The second-order valence-electron chi connectivity index (χ2n) is 14.5. The molecule has 4 rings (SSSR count). The van der Waals surface area contributed by atoms with Crippen molar-refractivity contribution in [3.05, 3.63) is 47.6 Å². The standard InChI is InChI=1S/C33H52O3Si/c1-23(12-10-11-13-30(34)35-7)27-16-17-28-26-15-14-24-22-25(36-37(8,9)31(2,3)4)18-20-32(24,5)29(26)19-21-33(27,28)6/h10-15,23,25,27-29H,16-22H2,1-9H3/t23-,25?,27+,28-,29-,32-,33+/m0/s1. The summed E-state index contributed by atoms with van der Waals surface area (Å²) in [5.74, 6) is 2.30. The number of hydrogen-bond acceptors (Lipinski definition) is 3. The molecule has 0 aromatic rings. The minimum Gasteiger partial charge on any atom is -0.466 e. The predicted molar refractivity (Wildman–Crippen MR) is 157 cm³/mol. The minimum absolute atomic E-state index is 0.262. The molecule has 4 aliphatic rings. The van der Waals surface area contributed by atoms with Gasteiger partial charge in [0.05, 0.1) is 7.11 Å². The molecule has 0 spiro atoms. The van der Waals surface area contributed by atoms with Gasteiger partial charge in [-0.2, -0.15) is 0 Å². The Kier molecular flexibility index (Phi) is 7.96. The zero-order valence-electron chi connectivity index (χ0n) is 25.0. The average molecular weight is 525 g/mol. The fraction of sp³-hybridized carbons (Fsp3) is 0.727. The van der Waals surface area contributed by atoms with Gasteiger partial charge in [0.2, 0.25) is 0 Å². The van der Waals surface area contributed by atoms with Crippen molar-refractivity contribution in [2.24, 2.45) is 34.5 Å². The molecule has 0 aromatic carbocycles. The van der Waals surface area contributed by atoms with E-state index in [1.54, 1.807) is 11.1 Å². The van der Waals surface area contributed by atoms with Crippen molar-refractivity contribution in [2.45, 2.75) is 111 Å². The summed E-state index contributed by atoms with van der Waals surface area (Å²) >= 11 is 0. The summed E-state index contributed by atoms with van der Waals surface area (Å²) in [4.78, 5) is 11.4. The SMILES string of the molecule is COC(=O)C=CC=C[C@H](C)[C@H]1CC[C@H]2C3=CC=C4CC(O[Si](C)(C)C(C)(C)C)CC[C@]4(C)[C@H]3CC[C@]12C. The molecule has 0 N–H and O–H groups in total. The van der Waals surface area contributed by atoms with Gasteiger partial charge in [0.15, 0.2) is 8.32 Å². The Morgan fingerprint density at radius 1 is 1.05 bits per heavy atom. The van der Waals surface area contributed by atoms with Gasteiger partial charge in [0, 0.05) is 12.2 Å². The van der Waals surface area contributed by atoms with E-state index in [-0.39, 0.29) is 11.0 Å². The molecule has 4 heteroatoms. The first-order valence-corrected chi connectivity index (χ1v) is 17.7. The molecule has 0 bridgehead atoms. The summed E-state index contributed by atoms with van der Waals surface area (Å²) in [6.07, 6.45) is 21.9. The first kappa shape index (κ1) is 28.6. The average Bonchev–Trinajstić information content (AvgIpc) is 3.18. The predicted octanol–water partition coefficient (Wildman–Crippen LogP) is 8.80. The van der Waals surface area contributed by atoms with Crippen molar-refractivity contribution in [3.63, 3.8) is 0 Å². The summed E-state index contributed by atoms with van der Waals surface area (Å²) in [6.45, 7) is 19.4. The summed E-state index contributed by atoms with van der Waals surface area (Å²) in [5.41, 5.74) is 4.08. The van der Waals surface area contributed by atoms with Gasteiger partial charge in [-0.25, -0.2) is 4.79 Å². The van der Waals surface area contributed by atoms with Crippen LogP contribution in [0.15, 0.2) is 47.6 Å². The first-order chi connectivity index (χ1) is 17.2. The van der Waals surface area contributed by atoms with Crippen LogP contribution < -0.4 is 0 Å². The Labute approximate surface area is 228 Å². The Balaban J connectivity index is 1.50. The number of allylic oxidation sites excluding steroid dienone is 6. The molecule has 3 saturated carbocycles. The lowest BCUT2D eigenvalue weighted by atomic mass is 9.50. The van der Waals surface area contributed by atoms with Crippen LogP contribution in [0.1, 0.15) is 86.5 Å². The van der Waals surface area contributed by atoms with Crippen molar-refractivity contribution in [3.8, 4) is 0 Å². The van der Waals surface area contributed by atoms with Gasteiger partial charge in [0.1, 0.15) is 0 Å². The van der Waals surface area contributed by atoms with E-state index in [2.05, 4.69) is 72.9 Å². The second-order valence-corrected chi connectivity index (χ2v) is 19.2. The fourth-order valence-corrected chi connectivity index (χ4v) is 9.53. The number of hydrogen-bond donors (Lipinski definition) is 0. The van der Waals surface area contributed by atoms with Gasteiger partial charge in [-0.05, 0) is 97.6 Å². The highest BCUT2D eigenvalue weighted by Crippen LogP contribution is 2.66. The Morgan fingerprint density at radius 2 is 1.78 bits per heavy atom. The number of rotatable bonds is 6. The lowest BCUT2D eigenvalue weighted by Crippen LogP contribution is -2.49. The Bertz CT molecular complexity index is 996. The molecule has 3 nitrogen and oxygen atoms in total. The van der Waals surface area contributed by atoms with Crippen molar-refractivity contribution in [1.82, 2.24) is 0 Å². The van der Waals surface area contributed by atoms with Gasteiger partial charge < -0.3 is 9.16 Å². The minimum atomic E-state index is -1.75. The fourth-order valence-electron chi connectivity index (χ4n) is 8.14. The summed E-state index contributed by atoms with van der Waals surface area (Å²) in [7, 11) is -0.330. The summed E-state index contributed by atoms with van der Waals surface area (Å²) < 4.78 is 11.6. The van der Waals surface area contributed by atoms with E-state index >= 15 is 0 Å². The third kappa shape index (κ3) is 5.26. The molecule has 0 aromatic heterocycles. The van der Waals surface area contributed by atoms with Crippen LogP contribution >= 0.6 is 0 Å². The molecule has 0 heterocycles. The summed E-state index contributed by atoms with van der Waals surface area (Å²) in [5, 5.41) is 0.262. The van der Waals surface area contributed by atoms with Crippen molar-refractivity contribution in [2.75, 3.05) is 7.11 Å². The van der Waals surface area contributed by atoms with Crippen LogP contribution in [0, 0.1) is 34.5 Å². The van der Waals surface area contributed by atoms with E-state index in [9.17, 15) is 4.79 Å². The van der Waals surface area contributed by atoms with E-state index in [0.717, 1.165) is 6.42 Å². The summed E-state index contributed by atoms with van der Waals surface area (Å²) in [6, 6.07) is 0. The zero-order valence-corrected chi connectivity index (χ0v) is 26.0. The van der Waals surface area contributed by atoms with Gasteiger partial charge >= 0.3 is 5.97 Å². The van der Waals surface area contributed by atoms with Crippen LogP contribution in [0.3, 0.4) is 0 Å². The van der Waals surface area contributed by atoms with Crippen molar-refractivity contribution >= 4 is 14.3 Å². The maximum absolute atomic E-state index is 11.4. The third-order valence-electron chi connectivity index (χ3n) is 11.5. The van der Waals surface area contributed by atoms with Crippen LogP contribution in [-0.2, 0) is 14.0 Å². The first-order valence-electron chi connectivity index (χ1n) is 14.7. The smallest absolute Gasteiger partial charge is 0.330 e. The number of carbonyl (C=O) groups is 1. The number of carbonyl (C=O) groups excluding carboxylic acids is 1. The lowest BCUT2D eigenvalue weighted by molar-refractivity contribution is -0.134. The van der Waals surface area contributed by atoms with Crippen molar-refractivity contribution in [1.29, 1.82) is 0 Å². The monoisotopic (exact) mass is 524 g/mol. The molecule has 0 saturated heterocycles. The largest absolute Gasteiger partial charge is 0.466 e. The molecular weight excluding hydrogens is 472 g/mol. The lowest BCUT2D eigenvalue weighted by Gasteiger charge is -2.55. The second kappa shape index (κ2) is 10.3. The molecular formula is C33H52O3Si. The van der Waals surface area contributed by atoms with E-state index in [0.29, 0.717) is 40.6 Å². The van der Waals surface area contributed by atoms with Crippen molar-refractivity contribution < 1.29 is 14.0 Å². The molecule has 1 unspecified atom stereocenters. The normalized spacial score (nSPS) is 37.0. The molecule has 4 aliphatic carbocycles. The molecule has 37 heavy (non-hydrogen) atoms. The maximum atomic E-state index is 11.4. The number of methoxy groups -OCH3 is 1. The maximum Gasteiger partial charge on any atom is 0.330 e. The molecule has 206 valence electrons. The zero-order chi connectivity index (χ0) is 27.2. The van der Waals surface area contributed by atoms with E-state index in [1.807, 2.05) is 12.2 Å². The molecule has 7 atom stereocenters. The van der Waals surface area contributed by atoms with Gasteiger partial charge in [0.25, 0.3) is 0 Å². The van der Waals surface area contributed by atoms with Crippen LogP contribution in [0.2, 0.25) is 18.1 Å². The number of esters is 1. The van der Waals surface area contributed by atoms with E-state index in [4.69, 9.17) is 9.16 Å². The van der Waals surface area contributed by atoms with Gasteiger partial charge in [-0.15, -0.1) is 0 Å². The molecule has 0 amide bonds. The van der Waals surface area contributed by atoms with E-state index < -0.39 is 8.32 Å². The molecule has 0 aliphatic heterocycles. The number of fused-ring (bicyclic) bond motifs is 5. The van der Waals surface area contributed by atoms with E-state index in [1.165, 1.54) is 51.7 Å². The van der Waals surface area contributed by atoms with Gasteiger partial charge in [-0.3, -0.25) is 0 Å². The van der Waals surface area contributed by atoms with Crippen LogP contribution in [0.5, 0.6) is 0 Å². The third-order valence-corrected chi connectivity index (χ3v) is 16.0. The topological polar surface area (TPSA) is 35.5 Å². The van der Waals surface area contributed by atoms with Gasteiger partial charge in [-0.1, -0.05) is 83.1 Å². The highest BCUT2D eigenvalue weighted by Gasteiger charge is 2.57. The Hall–Kier alpha value is -1.39. The highest BCUT2D eigenvalue weighted by molar-refractivity contribution is 6.74. The van der Waals surface area contributed by atoms with Crippen LogP contribution in [-0.4, -0.2) is 27.5 Å². The quantitative estimate of drug-likeness (QED) is 0.151.